The summed E-state index contributed by atoms with van der Waals surface area (Å²) >= 11 is 5.48. The van der Waals surface area contributed by atoms with Crippen LogP contribution in [0.15, 0.2) is 41.6 Å². The molecule has 9 heteroatoms. The van der Waals surface area contributed by atoms with Crippen LogP contribution in [0.1, 0.15) is 12.1 Å². The van der Waals surface area contributed by atoms with Gasteiger partial charge in [-0.15, -0.1) is 0 Å². The number of rotatable bonds is 2. The van der Waals surface area contributed by atoms with E-state index in [9.17, 15) is 9.50 Å². The number of hydrogen-bond acceptors (Lipinski definition) is 6. The Balaban J connectivity index is 1.36. The number of ether oxygens (including phenoxy) is 1. The number of benzene rings is 1. The third-order valence-electron chi connectivity index (χ3n) is 4.74. The quantitative estimate of drug-likeness (QED) is 0.590. The second kappa shape index (κ2) is 7.97. The third-order valence-corrected chi connectivity index (χ3v) is 5.09. The summed E-state index contributed by atoms with van der Waals surface area (Å²) in [6.45, 7) is 3.50. The van der Waals surface area contributed by atoms with E-state index in [1.54, 1.807) is 12.1 Å². The number of nitrogens with zero attached hydrogens (tertiary/aromatic N) is 4. The van der Waals surface area contributed by atoms with Gasteiger partial charge in [0.1, 0.15) is 23.0 Å². The van der Waals surface area contributed by atoms with Crippen molar-refractivity contribution in [1.82, 2.24) is 15.3 Å². The van der Waals surface area contributed by atoms with Crippen molar-refractivity contribution in [3.63, 3.8) is 0 Å². The summed E-state index contributed by atoms with van der Waals surface area (Å²) in [6.07, 6.45) is 1.73. The van der Waals surface area contributed by atoms with E-state index in [4.69, 9.17) is 17.0 Å². The van der Waals surface area contributed by atoms with E-state index in [1.807, 2.05) is 12.1 Å². The molecule has 2 aliphatic heterocycles. The highest BCUT2D eigenvalue weighted by Gasteiger charge is 2.21. The van der Waals surface area contributed by atoms with E-state index in [2.05, 4.69) is 25.3 Å². The molecule has 4 rings (SSSR count). The summed E-state index contributed by atoms with van der Waals surface area (Å²) in [5.74, 6) is 0.226. The van der Waals surface area contributed by atoms with E-state index in [1.165, 1.54) is 6.07 Å². The van der Waals surface area contributed by atoms with Gasteiger partial charge in [-0.3, -0.25) is 5.43 Å². The molecular formula is C19H20FN5O2S. The number of phenols is 1. The van der Waals surface area contributed by atoms with Gasteiger partial charge in [0.2, 0.25) is 0 Å². The standard InChI is InChI=1S/C19H20FN5O2S/c20-13-10-17-18(21-12-13)16(4-9-27-17)22-23-19(28)25-7-5-24(6-8-25)14-2-1-3-15(26)11-14/h1-3,10-12,26H,4-9H2,(H,23,28)/b22-16-. The number of aromatic hydroxyl groups is 1. The molecule has 0 amide bonds. The van der Waals surface area contributed by atoms with Crippen LogP contribution in [-0.2, 0) is 0 Å². The molecule has 1 fully saturated rings. The summed E-state index contributed by atoms with van der Waals surface area (Å²) < 4.78 is 18.8. The van der Waals surface area contributed by atoms with Gasteiger partial charge < -0.3 is 19.6 Å². The Hall–Kier alpha value is -2.94. The molecule has 0 unspecified atom stereocenters. The lowest BCUT2D eigenvalue weighted by atomic mass is 10.1. The van der Waals surface area contributed by atoms with Crippen LogP contribution in [0, 0.1) is 5.82 Å². The van der Waals surface area contributed by atoms with Gasteiger partial charge >= 0.3 is 0 Å². The summed E-state index contributed by atoms with van der Waals surface area (Å²) in [5.41, 5.74) is 5.17. The summed E-state index contributed by atoms with van der Waals surface area (Å²) in [7, 11) is 0. The van der Waals surface area contributed by atoms with E-state index < -0.39 is 5.82 Å². The van der Waals surface area contributed by atoms with Crippen molar-refractivity contribution < 1.29 is 14.2 Å². The average molecular weight is 401 g/mol. The van der Waals surface area contributed by atoms with Crippen LogP contribution in [0.2, 0.25) is 0 Å². The Morgan fingerprint density at radius 1 is 1.25 bits per heavy atom. The maximum Gasteiger partial charge on any atom is 0.189 e. The number of phenolic OH excluding ortho intramolecular Hbond substituents is 1. The first kappa shape index (κ1) is 18.4. The molecule has 0 radical (unpaired) electrons. The van der Waals surface area contributed by atoms with Crippen molar-refractivity contribution >= 4 is 28.7 Å². The number of hydrazone groups is 1. The predicted molar refractivity (Wildman–Crippen MR) is 108 cm³/mol. The highest BCUT2D eigenvalue weighted by Crippen LogP contribution is 2.24. The van der Waals surface area contributed by atoms with Crippen LogP contribution in [0.25, 0.3) is 0 Å². The number of anilines is 1. The lowest BCUT2D eigenvalue weighted by Crippen LogP contribution is -2.51. The molecule has 2 aromatic rings. The van der Waals surface area contributed by atoms with Crippen LogP contribution < -0.4 is 15.1 Å². The molecule has 1 saturated heterocycles. The number of fused-ring (bicyclic) bond motifs is 1. The molecule has 1 aromatic carbocycles. The molecule has 0 atom stereocenters. The van der Waals surface area contributed by atoms with E-state index >= 15 is 0 Å². The molecule has 0 bridgehead atoms. The van der Waals surface area contributed by atoms with Gasteiger partial charge in [0.15, 0.2) is 5.11 Å². The Kier molecular flexibility index (Phi) is 5.25. The zero-order chi connectivity index (χ0) is 19.5. The summed E-state index contributed by atoms with van der Waals surface area (Å²) in [6, 6.07) is 8.56. The van der Waals surface area contributed by atoms with Crippen molar-refractivity contribution in [3.05, 3.63) is 48.0 Å². The number of halogens is 1. The van der Waals surface area contributed by atoms with Crippen molar-refractivity contribution in [2.45, 2.75) is 6.42 Å². The zero-order valence-corrected chi connectivity index (χ0v) is 16.0. The van der Waals surface area contributed by atoms with Gasteiger partial charge in [-0.1, -0.05) is 6.07 Å². The summed E-state index contributed by atoms with van der Waals surface area (Å²) in [5, 5.41) is 14.6. The molecule has 146 valence electrons. The van der Waals surface area contributed by atoms with Crippen molar-refractivity contribution in [1.29, 1.82) is 0 Å². The van der Waals surface area contributed by atoms with Gasteiger partial charge in [-0.2, -0.15) is 5.10 Å². The SMILES string of the molecule is Oc1cccc(N2CCN(C(=S)N/N=C3/CCOc4cc(F)cnc43)CC2)c1. The summed E-state index contributed by atoms with van der Waals surface area (Å²) in [4.78, 5) is 8.35. The predicted octanol–water partition coefficient (Wildman–Crippen LogP) is 2.11. The van der Waals surface area contributed by atoms with E-state index in [-0.39, 0.29) is 5.75 Å². The Labute approximate surface area is 167 Å². The van der Waals surface area contributed by atoms with Gasteiger partial charge in [-0.25, -0.2) is 9.37 Å². The Morgan fingerprint density at radius 3 is 2.86 bits per heavy atom. The average Bonchev–Trinajstić information content (AvgIpc) is 2.72. The first-order valence-electron chi connectivity index (χ1n) is 9.04. The van der Waals surface area contributed by atoms with Gasteiger partial charge in [-0.05, 0) is 24.4 Å². The van der Waals surface area contributed by atoms with Crippen molar-refractivity contribution in [3.8, 4) is 11.5 Å². The molecule has 1 aromatic heterocycles. The lowest BCUT2D eigenvalue weighted by Gasteiger charge is -2.37. The third kappa shape index (κ3) is 3.99. The molecule has 0 saturated carbocycles. The topological polar surface area (TPSA) is 73.2 Å². The van der Waals surface area contributed by atoms with E-state index in [0.29, 0.717) is 35.3 Å². The molecule has 2 aliphatic rings. The number of nitrogens with one attached hydrogen (secondary N) is 1. The number of hydrogen-bond donors (Lipinski definition) is 2. The fourth-order valence-electron chi connectivity index (χ4n) is 3.28. The maximum atomic E-state index is 13.3. The highest BCUT2D eigenvalue weighted by atomic mass is 32.1. The smallest absolute Gasteiger partial charge is 0.189 e. The minimum atomic E-state index is -0.437. The number of piperazine rings is 1. The van der Waals surface area contributed by atoms with Gasteiger partial charge in [0, 0.05) is 50.4 Å². The molecule has 0 spiro atoms. The minimum absolute atomic E-state index is 0.262. The largest absolute Gasteiger partial charge is 0.508 e. The molecule has 0 aliphatic carbocycles. The first-order chi connectivity index (χ1) is 13.6. The first-order valence-corrected chi connectivity index (χ1v) is 9.45. The number of thiocarbonyl (C=S) groups is 1. The maximum absolute atomic E-state index is 13.3. The van der Waals surface area contributed by atoms with Crippen LogP contribution in [0.5, 0.6) is 11.5 Å². The Morgan fingerprint density at radius 2 is 2.07 bits per heavy atom. The molecule has 3 heterocycles. The molecule has 2 N–H and O–H groups in total. The molecule has 7 nitrogen and oxygen atoms in total. The van der Waals surface area contributed by atoms with Crippen LogP contribution in [0.3, 0.4) is 0 Å². The van der Waals surface area contributed by atoms with Crippen molar-refractivity contribution in [2.24, 2.45) is 5.10 Å². The second-order valence-electron chi connectivity index (χ2n) is 6.57. The normalized spacial score (nSPS) is 17.8. The zero-order valence-electron chi connectivity index (χ0n) is 15.1. The van der Waals surface area contributed by atoms with Gasteiger partial charge in [0.05, 0.1) is 18.5 Å². The van der Waals surface area contributed by atoms with Crippen LogP contribution in [-0.4, -0.2) is 58.6 Å². The van der Waals surface area contributed by atoms with Crippen molar-refractivity contribution in [2.75, 3.05) is 37.7 Å². The van der Waals surface area contributed by atoms with Crippen LogP contribution >= 0.6 is 12.2 Å². The van der Waals surface area contributed by atoms with Gasteiger partial charge in [0.25, 0.3) is 0 Å². The molecular weight excluding hydrogens is 381 g/mol. The van der Waals surface area contributed by atoms with Crippen LogP contribution in [0.4, 0.5) is 10.1 Å². The highest BCUT2D eigenvalue weighted by molar-refractivity contribution is 7.80. The minimum Gasteiger partial charge on any atom is -0.508 e. The Bertz CT molecular complexity index is 915. The fourth-order valence-corrected chi connectivity index (χ4v) is 3.50. The molecule has 28 heavy (non-hydrogen) atoms. The fraction of sp³-hybridized carbons (Fsp3) is 0.316. The van der Waals surface area contributed by atoms with E-state index in [0.717, 1.165) is 38.1 Å². The number of pyridine rings is 1. The lowest BCUT2D eigenvalue weighted by molar-refractivity contribution is 0.316. The second-order valence-corrected chi connectivity index (χ2v) is 6.95. The number of aromatic nitrogens is 1. The monoisotopic (exact) mass is 401 g/mol.